The molecule has 19 heavy (non-hydrogen) atoms. The zero-order valence-electron chi connectivity index (χ0n) is 11.2. The van der Waals surface area contributed by atoms with Crippen LogP contribution in [0.25, 0.3) is 0 Å². The second-order valence-electron chi connectivity index (χ2n) is 4.29. The minimum Gasteiger partial charge on any atom is -0.439 e. The van der Waals surface area contributed by atoms with Crippen LogP contribution in [-0.2, 0) is 0 Å². The van der Waals surface area contributed by atoms with E-state index in [4.69, 9.17) is 4.42 Å². The maximum absolute atomic E-state index is 14.0. The molecule has 0 radical (unpaired) electrons. The molecule has 0 aliphatic rings. The highest BCUT2D eigenvalue weighted by atomic mass is 32.2. The van der Waals surface area contributed by atoms with Crippen LogP contribution in [0.1, 0.15) is 31.1 Å². The number of nitrogens with zero attached hydrogens (tertiary/aromatic N) is 1. The molecule has 0 saturated heterocycles. The van der Waals surface area contributed by atoms with Crippen molar-refractivity contribution in [2.45, 2.75) is 36.9 Å². The molecule has 102 valence electrons. The summed E-state index contributed by atoms with van der Waals surface area (Å²) < 4.78 is 19.3. The first-order valence-electron chi connectivity index (χ1n) is 6.23. The van der Waals surface area contributed by atoms with Crippen molar-refractivity contribution >= 4 is 11.8 Å². The third-order valence-corrected chi connectivity index (χ3v) is 3.76. The van der Waals surface area contributed by atoms with E-state index in [1.54, 1.807) is 12.3 Å². The van der Waals surface area contributed by atoms with Crippen molar-refractivity contribution < 1.29 is 8.81 Å². The zero-order chi connectivity index (χ0) is 13.8. The average Bonchev–Trinajstić information content (AvgIpc) is 2.78. The van der Waals surface area contributed by atoms with Crippen LogP contribution in [0.2, 0.25) is 0 Å². The SMILES string of the molecule is CCNC(C)c1cccc(F)c1Sc1nc(C)co1. The third kappa shape index (κ3) is 3.36. The lowest BCUT2D eigenvalue weighted by atomic mass is 10.1. The molecule has 3 nitrogen and oxygen atoms in total. The van der Waals surface area contributed by atoms with Crippen molar-refractivity contribution in [3.8, 4) is 0 Å². The van der Waals surface area contributed by atoms with Crippen LogP contribution in [0.4, 0.5) is 4.39 Å². The van der Waals surface area contributed by atoms with Gasteiger partial charge in [0.05, 0.1) is 10.6 Å². The Balaban J connectivity index is 2.32. The molecule has 1 aromatic carbocycles. The van der Waals surface area contributed by atoms with E-state index in [1.807, 2.05) is 26.8 Å². The summed E-state index contributed by atoms with van der Waals surface area (Å²) in [6.07, 6.45) is 1.57. The summed E-state index contributed by atoms with van der Waals surface area (Å²) in [5.74, 6) is -0.247. The molecule has 5 heteroatoms. The maximum Gasteiger partial charge on any atom is 0.260 e. The average molecular weight is 280 g/mol. The van der Waals surface area contributed by atoms with Gasteiger partial charge in [-0.3, -0.25) is 0 Å². The van der Waals surface area contributed by atoms with Gasteiger partial charge in [-0.05, 0) is 43.8 Å². The van der Waals surface area contributed by atoms with Gasteiger partial charge in [0.15, 0.2) is 0 Å². The van der Waals surface area contributed by atoms with Gasteiger partial charge in [0, 0.05) is 6.04 Å². The number of nitrogens with one attached hydrogen (secondary N) is 1. The van der Waals surface area contributed by atoms with Gasteiger partial charge in [0.1, 0.15) is 12.1 Å². The molecule has 0 aliphatic carbocycles. The molecule has 2 aromatic rings. The largest absolute Gasteiger partial charge is 0.439 e. The lowest BCUT2D eigenvalue weighted by Gasteiger charge is -2.16. The summed E-state index contributed by atoms with van der Waals surface area (Å²) in [4.78, 5) is 4.77. The molecule has 1 aromatic heterocycles. The number of hydrogen-bond acceptors (Lipinski definition) is 4. The molecule has 1 atom stereocenters. The van der Waals surface area contributed by atoms with Gasteiger partial charge in [-0.2, -0.15) is 0 Å². The molecule has 0 aliphatic heterocycles. The number of halogens is 1. The summed E-state index contributed by atoms with van der Waals surface area (Å²) >= 11 is 1.22. The highest BCUT2D eigenvalue weighted by molar-refractivity contribution is 7.99. The van der Waals surface area contributed by atoms with E-state index in [2.05, 4.69) is 10.3 Å². The normalized spacial score (nSPS) is 12.6. The Labute approximate surface area is 116 Å². The molecule has 1 unspecified atom stereocenters. The van der Waals surface area contributed by atoms with Crippen molar-refractivity contribution in [3.63, 3.8) is 0 Å². The van der Waals surface area contributed by atoms with E-state index >= 15 is 0 Å². The van der Waals surface area contributed by atoms with E-state index < -0.39 is 0 Å². The lowest BCUT2D eigenvalue weighted by Crippen LogP contribution is -2.18. The first-order chi connectivity index (χ1) is 9.11. The second kappa shape index (κ2) is 6.21. The minimum absolute atomic E-state index is 0.0826. The van der Waals surface area contributed by atoms with Crippen LogP contribution in [0.3, 0.4) is 0 Å². The van der Waals surface area contributed by atoms with E-state index in [9.17, 15) is 4.39 Å². The van der Waals surface area contributed by atoms with Crippen LogP contribution < -0.4 is 5.32 Å². The molecule has 0 bridgehead atoms. The van der Waals surface area contributed by atoms with Gasteiger partial charge in [-0.15, -0.1) is 0 Å². The minimum atomic E-state index is -0.247. The van der Waals surface area contributed by atoms with E-state index in [0.29, 0.717) is 10.1 Å². The van der Waals surface area contributed by atoms with Crippen LogP contribution in [0.5, 0.6) is 0 Å². The zero-order valence-corrected chi connectivity index (χ0v) is 12.1. The standard InChI is InChI=1S/C14H17FN2OS/c1-4-16-10(3)11-6-5-7-12(15)13(11)19-14-17-9(2)8-18-14/h5-8,10,16H,4H2,1-3H3. The quantitative estimate of drug-likeness (QED) is 0.900. The molecule has 0 amide bonds. The highest BCUT2D eigenvalue weighted by Crippen LogP contribution is 2.34. The predicted octanol–water partition coefficient (Wildman–Crippen LogP) is 3.94. The Kier molecular flexibility index (Phi) is 4.61. The molecular weight excluding hydrogens is 263 g/mol. The number of benzene rings is 1. The number of hydrogen-bond donors (Lipinski definition) is 1. The summed E-state index contributed by atoms with van der Waals surface area (Å²) in [5.41, 5.74) is 1.71. The number of aromatic nitrogens is 1. The molecule has 1 heterocycles. The third-order valence-electron chi connectivity index (χ3n) is 2.76. The second-order valence-corrected chi connectivity index (χ2v) is 5.26. The Bertz CT molecular complexity index is 556. The molecule has 0 saturated carbocycles. The molecule has 0 spiro atoms. The van der Waals surface area contributed by atoms with Gasteiger partial charge >= 0.3 is 0 Å². The van der Waals surface area contributed by atoms with Crippen molar-refractivity contribution in [3.05, 3.63) is 41.5 Å². The van der Waals surface area contributed by atoms with Crippen LogP contribution in [0, 0.1) is 12.7 Å². The fourth-order valence-corrected chi connectivity index (χ4v) is 2.85. The predicted molar refractivity (Wildman–Crippen MR) is 73.9 cm³/mol. The van der Waals surface area contributed by atoms with Crippen molar-refractivity contribution in [1.29, 1.82) is 0 Å². The number of rotatable bonds is 5. The van der Waals surface area contributed by atoms with Crippen molar-refractivity contribution in [2.24, 2.45) is 0 Å². The Morgan fingerprint density at radius 3 is 2.89 bits per heavy atom. The molecule has 0 fully saturated rings. The lowest BCUT2D eigenvalue weighted by molar-refractivity contribution is 0.453. The topological polar surface area (TPSA) is 38.1 Å². The van der Waals surface area contributed by atoms with Crippen LogP contribution >= 0.6 is 11.8 Å². The highest BCUT2D eigenvalue weighted by Gasteiger charge is 2.16. The summed E-state index contributed by atoms with van der Waals surface area (Å²) in [7, 11) is 0. The van der Waals surface area contributed by atoms with E-state index in [0.717, 1.165) is 17.8 Å². The smallest absolute Gasteiger partial charge is 0.260 e. The Morgan fingerprint density at radius 2 is 2.26 bits per heavy atom. The molecule has 1 N–H and O–H groups in total. The summed E-state index contributed by atoms with van der Waals surface area (Å²) in [5, 5.41) is 3.75. The van der Waals surface area contributed by atoms with Gasteiger partial charge < -0.3 is 9.73 Å². The van der Waals surface area contributed by atoms with Gasteiger partial charge in [-0.25, -0.2) is 9.37 Å². The monoisotopic (exact) mass is 280 g/mol. The summed E-state index contributed by atoms with van der Waals surface area (Å²) in [6, 6.07) is 5.19. The fourth-order valence-electron chi connectivity index (χ4n) is 1.86. The Hall–Kier alpha value is -1.33. The maximum atomic E-state index is 14.0. The first kappa shape index (κ1) is 14.1. The van der Waals surface area contributed by atoms with E-state index in [-0.39, 0.29) is 11.9 Å². The molecule has 2 rings (SSSR count). The van der Waals surface area contributed by atoms with Crippen molar-refractivity contribution in [2.75, 3.05) is 6.54 Å². The van der Waals surface area contributed by atoms with Gasteiger partial charge in [0.25, 0.3) is 5.22 Å². The van der Waals surface area contributed by atoms with Crippen molar-refractivity contribution in [1.82, 2.24) is 10.3 Å². The van der Waals surface area contributed by atoms with Crippen LogP contribution in [-0.4, -0.2) is 11.5 Å². The fraction of sp³-hybridized carbons (Fsp3) is 0.357. The van der Waals surface area contributed by atoms with Gasteiger partial charge in [-0.1, -0.05) is 19.1 Å². The first-order valence-corrected chi connectivity index (χ1v) is 7.05. The Morgan fingerprint density at radius 1 is 1.47 bits per heavy atom. The number of oxazole rings is 1. The van der Waals surface area contributed by atoms with Gasteiger partial charge in [0.2, 0.25) is 0 Å². The molecular formula is C14H17FN2OS. The van der Waals surface area contributed by atoms with E-state index in [1.165, 1.54) is 17.8 Å². The van der Waals surface area contributed by atoms with Crippen LogP contribution in [0.15, 0.2) is 39.0 Å². The number of aryl methyl sites for hydroxylation is 1. The summed E-state index contributed by atoms with van der Waals surface area (Å²) in [6.45, 7) is 6.72.